The van der Waals surface area contributed by atoms with Crippen LogP contribution in [0.1, 0.15) is 24.1 Å². The number of nitrogens with one attached hydrogen (secondary N) is 1. The summed E-state index contributed by atoms with van der Waals surface area (Å²) in [5, 5.41) is 2.96. The van der Waals surface area contributed by atoms with Crippen molar-refractivity contribution in [3.05, 3.63) is 121 Å². The van der Waals surface area contributed by atoms with Crippen molar-refractivity contribution in [3.8, 4) is 11.5 Å². The van der Waals surface area contributed by atoms with Crippen LogP contribution in [0.3, 0.4) is 0 Å². The molecule has 7 nitrogen and oxygen atoms in total. The summed E-state index contributed by atoms with van der Waals surface area (Å²) >= 11 is 1.29. The normalized spacial score (nSPS) is 15.1. The van der Waals surface area contributed by atoms with Crippen molar-refractivity contribution in [2.75, 3.05) is 19.5 Å². The number of hydrogen-bond donors (Lipinski definition) is 1. The minimum absolute atomic E-state index is 0.225. The van der Waals surface area contributed by atoms with Crippen LogP contribution in [0.25, 0.3) is 6.08 Å². The molecule has 2 heterocycles. The lowest BCUT2D eigenvalue weighted by Gasteiger charge is -2.25. The Morgan fingerprint density at radius 2 is 1.68 bits per heavy atom. The van der Waals surface area contributed by atoms with Crippen molar-refractivity contribution in [2.45, 2.75) is 13.0 Å². The summed E-state index contributed by atoms with van der Waals surface area (Å²) in [6.45, 7) is 1.80. The van der Waals surface area contributed by atoms with Gasteiger partial charge < -0.3 is 14.8 Å². The lowest BCUT2D eigenvalue weighted by molar-refractivity contribution is -0.113. The van der Waals surface area contributed by atoms with Crippen LogP contribution < -0.4 is 29.7 Å². The average molecular weight is 512 g/mol. The first kappa shape index (κ1) is 24.3. The predicted molar refractivity (Wildman–Crippen MR) is 145 cm³/mol. The molecule has 1 N–H and O–H groups in total. The monoisotopic (exact) mass is 511 g/mol. The third-order valence-electron chi connectivity index (χ3n) is 6.10. The van der Waals surface area contributed by atoms with Crippen LogP contribution in [0.15, 0.2) is 99.9 Å². The molecule has 3 aromatic carbocycles. The van der Waals surface area contributed by atoms with Gasteiger partial charge in [-0.3, -0.25) is 14.2 Å². The van der Waals surface area contributed by atoms with Gasteiger partial charge in [-0.15, -0.1) is 0 Å². The second-order valence-electron chi connectivity index (χ2n) is 8.46. The number of benzene rings is 3. The quantitative estimate of drug-likeness (QED) is 0.426. The molecule has 1 aliphatic rings. The Morgan fingerprint density at radius 3 is 2.41 bits per heavy atom. The third kappa shape index (κ3) is 4.83. The van der Waals surface area contributed by atoms with E-state index in [1.54, 1.807) is 25.7 Å². The van der Waals surface area contributed by atoms with E-state index in [9.17, 15) is 9.59 Å². The van der Waals surface area contributed by atoms with Gasteiger partial charge in [0.25, 0.3) is 11.5 Å². The Kier molecular flexibility index (Phi) is 6.74. The second-order valence-corrected chi connectivity index (χ2v) is 9.46. The van der Waals surface area contributed by atoms with Crippen LogP contribution in [0.2, 0.25) is 0 Å². The molecule has 0 saturated heterocycles. The fourth-order valence-electron chi connectivity index (χ4n) is 4.34. The second kappa shape index (κ2) is 10.3. The summed E-state index contributed by atoms with van der Waals surface area (Å²) in [4.78, 5) is 32.6. The van der Waals surface area contributed by atoms with Gasteiger partial charge in [-0.25, -0.2) is 4.99 Å². The fraction of sp³-hybridized carbons (Fsp3) is 0.138. The van der Waals surface area contributed by atoms with Crippen LogP contribution in [0, 0.1) is 0 Å². The van der Waals surface area contributed by atoms with Crippen molar-refractivity contribution < 1.29 is 14.3 Å². The maximum atomic E-state index is 13.8. The number of para-hydroxylation sites is 1. The van der Waals surface area contributed by atoms with Crippen molar-refractivity contribution in [3.63, 3.8) is 0 Å². The molecule has 8 heteroatoms. The SMILES string of the molecule is COc1cccc(/C=c2/sc3n(c2=O)[C@H](c2cccc(OC)c2)C(C(=O)Nc2ccccc2)=C(C)N=3)c1. The van der Waals surface area contributed by atoms with E-state index in [0.29, 0.717) is 37.8 Å². The standard InChI is InChI=1S/C29H25N3O4S/c1-18-25(27(33)31-21-11-5-4-6-12-21)26(20-10-8-14-23(17-20)36-3)32-28(34)24(37-29(32)30-18)16-19-9-7-13-22(15-19)35-2/h4-17,26H,1-3H3,(H,31,33)/b24-16+/t26-/m1/s1. The highest BCUT2D eigenvalue weighted by atomic mass is 32.1. The zero-order valence-electron chi connectivity index (χ0n) is 20.6. The molecule has 0 radical (unpaired) electrons. The summed E-state index contributed by atoms with van der Waals surface area (Å²) < 4.78 is 12.9. The van der Waals surface area contributed by atoms with E-state index in [-0.39, 0.29) is 11.5 Å². The number of nitrogens with zero attached hydrogens (tertiary/aromatic N) is 2. The Labute approximate surface area is 217 Å². The predicted octanol–water partition coefficient (Wildman–Crippen LogP) is 3.89. The number of thiazole rings is 1. The molecule has 0 saturated carbocycles. The molecule has 1 aliphatic heterocycles. The number of fused-ring (bicyclic) bond motifs is 1. The molecule has 0 bridgehead atoms. The van der Waals surface area contributed by atoms with Gasteiger partial charge in [0.1, 0.15) is 11.5 Å². The zero-order valence-corrected chi connectivity index (χ0v) is 21.4. The molecule has 0 aliphatic carbocycles. The van der Waals surface area contributed by atoms with Gasteiger partial charge in [0.05, 0.1) is 36.1 Å². The molecule has 4 aromatic rings. The van der Waals surface area contributed by atoms with E-state index >= 15 is 0 Å². The van der Waals surface area contributed by atoms with Gasteiger partial charge in [-0.2, -0.15) is 0 Å². The third-order valence-corrected chi connectivity index (χ3v) is 7.08. The molecule has 0 spiro atoms. The van der Waals surface area contributed by atoms with Gasteiger partial charge >= 0.3 is 0 Å². The fourth-order valence-corrected chi connectivity index (χ4v) is 5.39. The molecule has 1 amide bonds. The number of rotatable bonds is 6. The van der Waals surface area contributed by atoms with Crippen LogP contribution in [0.5, 0.6) is 11.5 Å². The largest absolute Gasteiger partial charge is 0.497 e. The van der Waals surface area contributed by atoms with Gasteiger partial charge in [-0.05, 0) is 60.5 Å². The lowest BCUT2D eigenvalue weighted by atomic mass is 9.95. The number of hydrogen-bond acceptors (Lipinski definition) is 6. The molecule has 186 valence electrons. The van der Waals surface area contributed by atoms with Gasteiger partial charge in [0.15, 0.2) is 4.80 Å². The smallest absolute Gasteiger partial charge is 0.271 e. The maximum Gasteiger partial charge on any atom is 0.271 e. The number of carbonyl (C=O) groups excluding carboxylic acids is 1. The Hall–Kier alpha value is -4.43. The van der Waals surface area contributed by atoms with Crippen molar-refractivity contribution in [1.29, 1.82) is 0 Å². The number of methoxy groups -OCH3 is 2. The number of ether oxygens (including phenoxy) is 2. The highest BCUT2D eigenvalue weighted by Gasteiger charge is 2.32. The minimum Gasteiger partial charge on any atom is -0.497 e. The van der Waals surface area contributed by atoms with Crippen molar-refractivity contribution >= 4 is 29.0 Å². The topological polar surface area (TPSA) is 81.9 Å². The Morgan fingerprint density at radius 1 is 0.973 bits per heavy atom. The van der Waals surface area contributed by atoms with Gasteiger partial charge in [0.2, 0.25) is 0 Å². The van der Waals surface area contributed by atoms with E-state index in [1.165, 1.54) is 11.3 Å². The molecule has 0 unspecified atom stereocenters. The first-order chi connectivity index (χ1) is 18.0. The first-order valence-corrected chi connectivity index (χ1v) is 12.5. The van der Waals surface area contributed by atoms with Crippen molar-refractivity contribution in [2.24, 2.45) is 4.99 Å². The highest BCUT2D eigenvalue weighted by Crippen LogP contribution is 2.32. The van der Waals surface area contributed by atoms with Crippen LogP contribution in [-0.2, 0) is 4.79 Å². The summed E-state index contributed by atoms with van der Waals surface area (Å²) in [6, 6.07) is 23.4. The molecule has 5 rings (SSSR count). The van der Waals surface area contributed by atoms with Crippen LogP contribution in [-0.4, -0.2) is 24.7 Å². The summed E-state index contributed by atoms with van der Waals surface area (Å²) in [5.41, 5.74) is 2.97. The Bertz CT molecular complexity index is 1690. The van der Waals surface area contributed by atoms with E-state index in [2.05, 4.69) is 10.3 Å². The Balaban J connectivity index is 1.68. The zero-order chi connectivity index (χ0) is 25.9. The molecule has 37 heavy (non-hydrogen) atoms. The van der Waals surface area contributed by atoms with Gasteiger partial charge in [-0.1, -0.05) is 53.8 Å². The minimum atomic E-state index is -0.678. The van der Waals surface area contributed by atoms with Crippen molar-refractivity contribution in [1.82, 2.24) is 4.57 Å². The van der Waals surface area contributed by atoms with Crippen LogP contribution >= 0.6 is 11.3 Å². The summed E-state index contributed by atoms with van der Waals surface area (Å²) in [7, 11) is 3.19. The lowest BCUT2D eigenvalue weighted by Crippen LogP contribution is -2.40. The van der Waals surface area contributed by atoms with E-state index < -0.39 is 6.04 Å². The number of aromatic nitrogens is 1. The number of amides is 1. The summed E-state index contributed by atoms with van der Waals surface area (Å²) in [5.74, 6) is 1.02. The maximum absolute atomic E-state index is 13.8. The van der Waals surface area contributed by atoms with E-state index in [4.69, 9.17) is 9.47 Å². The van der Waals surface area contributed by atoms with E-state index in [1.807, 2.05) is 84.9 Å². The first-order valence-electron chi connectivity index (χ1n) is 11.7. The molecule has 1 atom stereocenters. The number of anilines is 1. The molecule has 1 aromatic heterocycles. The highest BCUT2D eigenvalue weighted by molar-refractivity contribution is 7.07. The average Bonchev–Trinajstić information content (AvgIpc) is 3.22. The molecular formula is C29H25N3O4S. The summed E-state index contributed by atoms with van der Waals surface area (Å²) in [6.07, 6.45) is 1.82. The molecular weight excluding hydrogens is 486 g/mol. The molecule has 0 fully saturated rings. The number of carbonyl (C=O) groups is 1. The van der Waals surface area contributed by atoms with E-state index in [0.717, 1.165) is 11.1 Å². The number of allylic oxidation sites excluding steroid dienone is 1. The van der Waals surface area contributed by atoms with Crippen LogP contribution in [0.4, 0.5) is 5.69 Å². The van der Waals surface area contributed by atoms with Gasteiger partial charge in [0, 0.05) is 5.69 Å².